The van der Waals surface area contributed by atoms with Gasteiger partial charge in [-0.05, 0) is 69.4 Å². The van der Waals surface area contributed by atoms with E-state index in [1.807, 2.05) is 83.1 Å². The van der Waals surface area contributed by atoms with Gasteiger partial charge < -0.3 is 20.3 Å². The third-order valence-electron chi connectivity index (χ3n) is 7.52. The van der Waals surface area contributed by atoms with E-state index in [1.54, 1.807) is 12.2 Å². The number of nitrogens with one attached hydrogen (secondary N) is 2. The van der Waals surface area contributed by atoms with Crippen molar-refractivity contribution in [1.29, 1.82) is 0 Å². The minimum absolute atomic E-state index is 0.00713. The van der Waals surface area contributed by atoms with Gasteiger partial charge in [-0.2, -0.15) is 0 Å². The number of piperidine rings is 1. The summed E-state index contributed by atoms with van der Waals surface area (Å²) < 4.78 is 21.8. The first-order valence-electron chi connectivity index (χ1n) is 15.9. The number of halogens is 1. The van der Waals surface area contributed by atoms with E-state index in [9.17, 15) is 9.90 Å². The molecule has 0 radical (unpaired) electrons. The number of aliphatic hydroxyl groups is 2. The molecule has 10 heteroatoms. The number of allylic oxidation sites excluding steroid dienone is 5. The van der Waals surface area contributed by atoms with Crippen molar-refractivity contribution in [2.24, 2.45) is 16.8 Å². The minimum Gasteiger partial charge on any atom is -0.483 e. The fraction of sp³-hybridized carbons (Fsp3) is 0.600. The molecule has 0 bridgehead atoms. The van der Waals surface area contributed by atoms with Gasteiger partial charge in [-0.25, -0.2) is 4.39 Å². The molecule has 1 aromatic rings. The Morgan fingerprint density at radius 3 is 2.29 bits per heavy atom. The van der Waals surface area contributed by atoms with Gasteiger partial charge in [0.15, 0.2) is 5.41 Å². The van der Waals surface area contributed by atoms with Crippen molar-refractivity contribution in [2.75, 3.05) is 47.1 Å². The van der Waals surface area contributed by atoms with E-state index < -0.39 is 11.0 Å². The van der Waals surface area contributed by atoms with Crippen molar-refractivity contribution >= 4 is 28.3 Å². The summed E-state index contributed by atoms with van der Waals surface area (Å²) >= 11 is 0. The average molecular weight is 651 g/mol. The van der Waals surface area contributed by atoms with Crippen LogP contribution in [0.1, 0.15) is 65.5 Å². The van der Waals surface area contributed by atoms with Crippen LogP contribution < -0.4 is 15.4 Å². The van der Waals surface area contributed by atoms with Crippen molar-refractivity contribution in [3.8, 4) is 5.75 Å². The van der Waals surface area contributed by atoms with E-state index in [4.69, 9.17) is 9.84 Å². The smallest absolute Gasteiger partial charge is 0.167 e. The Hall–Kier alpha value is -2.26. The van der Waals surface area contributed by atoms with Crippen LogP contribution in [0.3, 0.4) is 0 Å². The molecule has 0 aliphatic carbocycles. The monoisotopic (exact) mass is 650 g/mol. The number of hydrogen-bond donors (Lipinski definition) is 4. The number of hydrogen-bond acceptors (Lipinski definition) is 8. The quantitative estimate of drug-likeness (QED) is 0.0835. The van der Waals surface area contributed by atoms with Crippen LogP contribution in [0.5, 0.6) is 5.75 Å². The number of aliphatic imine (C=N–C) groups is 1. The van der Waals surface area contributed by atoms with Gasteiger partial charge in [0, 0.05) is 44.5 Å². The first-order chi connectivity index (χ1) is 21.5. The third-order valence-corrected chi connectivity index (χ3v) is 8.25. The van der Waals surface area contributed by atoms with Crippen molar-refractivity contribution in [3.05, 3.63) is 59.2 Å². The number of aldehydes is 1. The molecule has 3 rings (SSSR count). The lowest BCUT2D eigenvalue weighted by atomic mass is 9.80. The molecule has 0 aromatic heterocycles. The Labute approximate surface area is 274 Å². The number of carbonyl (C=O) groups is 1. The van der Waals surface area contributed by atoms with E-state index in [-0.39, 0.29) is 25.9 Å². The molecule has 1 saturated heterocycles. The molecule has 2 aliphatic rings. The molecule has 2 aliphatic heterocycles. The maximum Gasteiger partial charge on any atom is 0.167 e. The van der Waals surface area contributed by atoms with Crippen LogP contribution in [0, 0.1) is 11.8 Å². The van der Waals surface area contributed by atoms with Crippen LogP contribution in [-0.4, -0.2) is 92.4 Å². The van der Waals surface area contributed by atoms with Gasteiger partial charge in [0.1, 0.15) is 23.8 Å². The van der Waals surface area contributed by atoms with Crippen LogP contribution in [0.4, 0.5) is 4.39 Å². The lowest BCUT2D eigenvalue weighted by molar-refractivity contribution is -0.104. The predicted molar refractivity (Wildman–Crippen MR) is 192 cm³/mol. The molecule has 1 aromatic carbocycles. The Kier molecular flexibility index (Phi) is 22.0. The van der Waals surface area contributed by atoms with Gasteiger partial charge in [0.05, 0.1) is 6.73 Å². The number of aliphatic hydroxyl groups excluding tert-OH is 2. The Balaban J connectivity index is 0.000000939. The first-order valence-corrected chi connectivity index (χ1v) is 16.5. The molecule has 1 spiro atoms. The summed E-state index contributed by atoms with van der Waals surface area (Å²) in [6, 6.07) is 5.76. The molecule has 0 amide bonds. The number of likely N-dealkylation sites (tertiary alicyclic amines) is 1. The molecule has 8 nitrogen and oxygen atoms in total. The Bertz CT molecular complexity index is 1070. The summed E-state index contributed by atoms with van der Waals surface area (Å²) in [5.74, 6) is 1.66. The normalized spacial score (nSPS) is 20.5. The molecular formula is C35H60FN4O4P. The van der Waals surface area contributed by atoms with E-state index >= 15 is 4.39 Å². The molecule has 4 N–H and O–H groups in total. The highest BCUT2D eigenvalue weighted by atomic mass is 31.0. The third kappa shape index (κ3) is 14.4. The number of alkyl halides is 1. The lowest BCUT2D eigenvalue weighted by Gasteiger charge is -2.50. The number of benzene rings is 1. The molecule has 4 atom stereocenters. The summed E-state index contributed by atoms with van der Waals surface area (Å²) in [6.45, 7) is 17.9. The van der Waals surface area contributed by atoms with Crippen LogP contribution in [0.2, 0.25) is 0 Å². The van der Waals surface area contributed by atoms with Gasteiger partial charge in [-0.1, -0.05) is 80.3 Å². The second-order valence-corrected chi connectivity index (χ2v) is 12.3. The van der Waals surface area contributed by atoms with Crippen LogP contribution in [0.25, 0.3) is 6.08 Å². The zero-order valence-electron chi connectivity index (χ0n) is 28.9. The molecule has 45 heavy (non-hydrogen) atoms. The highest BCUT2D eigenvalue weighted by Crippen LogP contribution is 2.50. The summed E-state index contributed by atoms with van der Waals surface area (Å²) in [7, 11) is 6.14. The SMILES string of the molecule is C=NC(NC)C(C)C.CC.CNCC(C)CO.C\C=C/C(C=O)=C\C=C\c1ccc2c(c1)CC(F)(P)C1(CCN(CO)CC1)O2. The molecule has 256 valence electrons. The zero-order chi connectivity index (χ0) is 34.5. The summed E-state index contributed by atoms with van der Waals surface area (Å²) in [5, 5.41) is 22.2. The van der Waals surface area contributed by atoms with E-state index in [1.165, 1.54) is 0 Å². The van der Waals surface area contributed by atoms with Gasteiger partial charge in [-0.15, -0.1) is 0 Å². The zero-order valence-corrected chi connectivity index (χ0v) is 30.0. The lowest BCUT2D eigenvalue weighted by Crippen LogP contribution is -2.60. The van der Waals surface area contributed by atoms with E-state index in [0.717, 1.165) is 29.7 Å². The number of ether oxygens (including phenoxy) is 1. The molecule has 4 unspecified atom stereocenters. The van der Waals surface area contributed by atoms with Gasteiger partial charge >= 0.3 is 0 Å². The van der Waals surface area contributed by atoms with Crippen molar-refractivity contribution in [3.63, 3.8) is 0 Å². The summed E-state index contributed by atoms with van der Waals surface area (Å²) in [5.41, 5.74) is 1.48. The van der Waals surface area contributed by atoms with E-state index in [0.29, 0.717) is 43.3 Å². The fourth-order valence-electron chi connectivity index (χ4n) is 4.89. The van der Waals surface area contributed by atoms with E-state index in [2.05, 4.69) is 45.4 Å². The maximum absolute atomic E-state index is 15.6. The summed E-state index contributed by atoms with van der Waals surface area (Å²) in [4.78, 5) is 16.7. The molecule has 2 heterocycles. The number of rotatable bonds is 11. The highest BCUT2D eigenvalue weighted by Gasteiger charge is 2.55. The van der Waals surface area contributed by atoms with Crippen LogP contribution in [0.15, 0.2) is 53.1 Å². The Morgan fingerprint density at radius 2 is 1.87 bits per heavy atom. The fourth-order valence-corrected chi connectivity index (χ4v) is 5.46. The minimum atomic E-state index is -1.56. The van der Waals surface area contributed by atoms with Gasteiger partial charge in [0.25, 0.3) is 0 Å². The van der Waals surface area contributed by atoms with Gasteiger partial charge in [-0.3, -0.25) is 20.0 Å². The Morgan fingerprint density at radius 1 is 1.22 bits per heavy atom. The topological polar surface area (TPSA) is 106 Å². The highest BCUT2D eigenvalue weighted by molar-refractivity contribution is 7.18. The number of nitrogens with zero attached hydrogens (tertiary/aromatic N) is 2. The predicted octanol–water partition coefficient (Wildman–Crippen LogP) is 5.41. The van der Waals surface area contributed by atoms with Gasteiger partial charge in [0.2, 0.25) is 0 Å². The standard InChI is InChI=1S/C22H27FNO3P.C6H14N2.C5H13NO.C2H6/c1-2-4-18(15-25)6-3-5-17-7-8-20-19(13-17)14-22(23,28)21(27-20)9-11-24(16-26)12-10-21;1-5(2)6(7-3)8-4;1-5(4-7)3-6-2;1-2/h2-8,13,15,26H,9-12,14,16,28H2,1H3;5-6,8H,3H2,1-2,4H3;5-7H,3-4H2,1-2H3;1-2H3/b4-2-,5-3+,18-6+;;;. The van der Waals surface area contributed by atoms with Crippen molar-refractivity contribution in [1.82, 2.24) is 15.5 Å². The average Bonchev–Trinajstić information content (AvgIpc) is 3.03. The summed E-state index contributed by atoms with van der Waals surface area (Å²) in [6.07, 6.45) is 11.4. The van der Waals surface area contributed by atoms with Crippen LogP contribution in [-0.2, 0) is 11.2 Å². The molecule has 1 fully saturated rings. The molecule has 0 saturated carbocycles. The second kappa shape index (κ2) is 23.1. The maximum atomic E-state index is 15.6. The number of fused-ring (bicyclic) bond motifs is 1. The van der Waals surface area contributed by atoms with Crippen molar-refractivity contribution < 1.29 is 24.1 Å². The molecular weight excluding hydrogens is 590 g/mol. The van der Waals surface area contributed by atoms with Crippen LogP contribution >= 0.6 is 9.24 Å². The van der Waals surface area contributed by atoms with Crippen molar-refractivity contribution in [2.45, 2.75) is 78.0 Å². The second-order valence-electron chi connectivity index (χ2n) is 11.4. The largest absolute Gasteiger partial charge is 0.483 e. The number of carbonyl (C=O) groups excluding carboxylic acids is 1. The first kappa shape index (κ1) is 42.7.